The first-order chi connectivity index (χ1) is 11.6. The van der Waals surface area contributed by atoms with Crippen molar-refractivity contribution in [2.45, 2.75) is 19.8 Å². The molecule has 0 atom stereocenters. The van der Waals surface area contributed by atoms with E-state index in [4.69, 9.17) is 9.47 Å². The average molecular weight is 346 g/mol. The van der Waals surface area contributed by atoms with Crippen LogP contribution in [0.1, 0.15) is 28.0 Å². The molecule has 0 spiro atoms. The number of ether oxygens (including phenoxy) is 2. The Hall–Kier alpha value is -2.41. The van der Waals surface area contributed by atoms with Crippen molar-refractivity contribution >= 4 is 28.9 Å². The lowest BCUT2D eigenvalue weighted by atomic mass is 10.1. The number of amides is 1. The summed E-state index contributed by atoms with van der Waals surface area (Å²) in [4.78, 5) is 30.7. The lowest BCUT2D eigenvalue weighted by Crippen LogP contribution is -2.39. The number of aromatic nitrogens is 1. The van der Waals surface area contributed by atoms with Crippen LogP contribution in [0.4, 0.5) is 5.69 Å². The molecule has 6 nitrogen and oxygen atoms in total. The normalized spacial score (nSPS) is 13.2. The third-order valence-electron chi connectivity index (χ3n) is 3.79. The van der Waals surface area contributed by atoms with Gasteiger partial charge in [-0.05, 0) is 18.6 Å². The van der Waals surface area contributed by atoms with Gasteiger partial charge in [-0.2, -0.15) is 0 Å². The number of anilines is 1. The van der Waals surface area contributed by atoms with Crippen LogP contribution in [0.25, 0.3) is 0 Å². The predicted octanol–water partition coefficient (Wildman–Crippen LogP) is 2.46. The molecule has 1 aliphatic heterocycles. The molecule has 1 aromatic heterocycles. The summed E-state index contributed by atoms with van der Waals surface area (Å²) >= 11 is 1.57. The van der Waals surface area contributed by atoms with Gasteiger partial charge in [-0.1, -0.05) is 13.0 Å². The van der Waals surface area contributed by atoms with Crippen molar-refractivity contribution in [3.8, 4) is 5.75 Å². The van der Waals surface area contributed by atoms with Crippen LogP contribution in [0.3, 0.4) is 0 Å². The zero-order valence-corrected chi connectivity index (χ0v) is 14.4. The van der Waals surface area contributed by atoms with Crippen LogP contribution in [0, 0.1) is 0 Å². The number of carbonyl (C=O) groups is 2. The summed E-state index contributed by atoms with van der Waals surface area (Å²) in [6.45, 7) is 2.82. The van der Waals surface area contributed by atoms with Crippen LogP contribution in [-0.2, 0) is 22.4 Å². The number of esters is 1. The zero-order chi connectivity index (χ0) is 17.1. The average Bonchev–Trinajstić information content (AvgIpc) is 3.07. The molecule has 0 radical (unpaired) electrons. The molecule has 7 heteroatoms. The molecule has 1 aliphatic rings. The molecule has 0 unspecified atom stereocenters. The third kappa shape index (κ3) is 3.12. The van der Waals surface area contributed by atoms with Gasteiger partial charge in [0.25, 0.3) is 0 Å². The number of rotatable bonds is 4. The highest BCUT2D eigenvalue weighted by Crippen LogP contribution is 2.35. The standard InChI is InChI=1S/C17H18N2O4S/c1-3-14-18-11(10-24-14)9-15(20)19-7-8-23-16-12(17(21)22-2)5-4-6-13(16)19/h4-6,10H,3,7-9H2,1-2H3. The maximum Gasteiger partial charge on any atom is 0.341 e. The molecule has 0 saturated carbocycles. The molecule has 3 rings (SSSR count). The number of para-hydroxylation sites is 1. The number of hydrogen-bond acceptors (Lipinski definition) is 6. The maximum atomic E-state index is 12.7. The Bertz CT molecular complexity index is 772. The second kappa shape index (κ2) is 7.00. The van der Waals surface area contributed by atoms with Crippen LogP contribution in [0.5, 0.6) is 5.75 Å². The van der Waals surface area contributed by atoms with E-state index in [0.717, 1.165) is 17.1 Å². The first kappa shape index (κ1) is 16.4. The van der Waals surface area contributed by atoms with Gasteiger partial charge in [0, 0.05) is 5.38 Å². The second-order valence-corrected chi connectivity index (χ2v) is 6.24. The van der Waals surface area contributed by atoms with Crippen molar-refractivity contribution in [3.05, 3.63) is 39.8 Å². The molecular weight excluding hydrogens is 328 g/mol. The number of hydrogen-bond donors (Lipinski definition) is 0. The molecule has 0 fully saturated rings. The summed E-state index contributed by atoms with van der Waals surface area (Å²) in [5, 5.41) is 2.94. The fraction of sp³-hybridized carbons (Fsp3) is 0.353. The number of thiazole rings is 1. The van der Waals surface area contributed by atoms with E-state index in [1.807, 2.05) is 12.3 Å². The second-order valence-electron chi connectivity index (χ2n) is 5.30. The highest BCUT2D eigenvalue weighted by Gasteiger charge is 2.28. The minimum atomic E-state index is -0.478. The maximum absolute atomic E-state index is 12.7. The molecule has 2 heterocycles. The summed E-state index contributed by atoms with van der Waals surface area (Å²) in [6.07, 6.45) is 1.10. The number of aryl methyl sites for hydroxylation is 1. The predicted molar refractivity (Wildman–Crippen MR) is 90.8 cm³/mol. The summed E-state index contributed by atoms with van der Waals surface area (Å²) < 4.78 is 10.4. The highest BCUT2D eigenvalue weighted by atomic mass is 32.1. The van der Waals surface area contributed by atoms with Crippen LogP contribution in [0.2, 0.25) is 0 Å². The van der Waals surface area contributed by atoms with E-state index in [9.17, 15) is 9.59 Å². The molecule has 0 bridgehead atoms. The van der Waals surface area contributed by atoms with Gasteiger partial charge in [0.2, 0.25) is 5.91 Å². The van der Waals surface area contributed by atoms with Crippen molar-refractivity contribution in [1.29, 1.82) is 0 Å². The number of nitrogens with zero attached hydrogens (tertiary/aromatic N) is 2. The monoisotopic (exact) mass is 346 g/mol. The Morgan fingerprint density at radius 2 is 2.25 bits per heavy atom. The Morgan fingerprint density at radius 3 is 2.96 bits per heavy atom. The summed E-state index contributed by atoms with van der Waals surface area (Å²) in [5.41, 5.74) is 1.70. The number of fused-ring (bicyclic) bond motifs is 1. The van der Waals surface area contributed by atoms with Gasteiger partial charge in [0.05, 0.1) is 36.5 Å². The molecule has 1 amide bonds. The fourth-order valence-electron chi connectivity index (χ4n) is 2.62. The number of carbonyl (C=O) groups excluding carboxylic acids is 2. The topological polar surface area (TPSA) is 68.7 Å². The third-order valence-corrected chi connectivity index (χ3v) is 4.83. The van der Waals surface area contributed by atoms with E-state index in [1.165, 1.54) is 7.11 Å². The van der Waals surface area contributed by atoms with Gasteiger partial charge in [-0.3, -0.25) is 4.79 Å². The lowest BCUT2D eigenvalue weighted by molar-refractivity contribution is -0.118. The molecule has 24 heavy (non-hydrogen) atoms. The minimum absolute atomic E-state index is 0.0606. The largest absolute Gasteiger partial charge is 0.489 e. The van der Waals surface area contributed by atoms with Crippen molar-refractivity contribution in [1.82, 2.24) is 4.98 Å². The van der Waals surface area contributed by atoms with Crippen molar-refractivity contribution in [2.75, 3.05) is 25.2 Å². The van der Waals surface area contributed by atoms with Crippen molar-refractivity contribution < 1.29 is 19.1 Å². The van der Waals surface area contributed by atoms with E-state index in [1.54, 1.807) is 34.4 Å². The first-order valence-corrected chi connectivity index (χ1v) is 8.59. The van der Waals surface area contributed by atoms with Gasteiger partial charge in [-0.15, -0.1) is 11.3 Å². The fourth-order valence-corrected chi connectivity index (χ4v) is 3.37. The van der Waals surface area contributed by atoms with Crippen LogP contribution < -0.4 is 9.64 Å². The quantitative estimate of drug-likeness (QED) is 0.796. The molecule has 0 aliphatic carbocycles. The molecule has 126 valence electrons. The number of methoxy groups -OCH3 is 1. The molecule has 0 saturated heterocycles. The van der Waals surface area contributed by atoms with Crippen molar-refractivity contribution in [3.63, 3.8) is 0 Å². The molecular formula is C17H18N2O4S. The Kier molecular flexibility index (Phi) is 4.80. The molecule has 1 aromatic carbocycles. The van der Waals surface area contributed by atoms with E-state index in [-0.39, 0.29) is 12.3 Å². The number of benzene rings is 1. The SMILES string of the molecule is CCc1nc(CC(=O)N2CCOc3c(C(=O)OC)cccc32)cs1. The highest BCUT2D eigenvalue weighted by molar-refractivity contribution is 7.09. The van der Waals surface area contributed by atoms with Gasteiger partial charge < -0.3 is 14.4 Å². The Morgan fingerprint density at radius 1 is 1.42 bits per heavy atom. The molecule has 2 aromatic rings. The lowest BCUT2D eigenvalue weighted by Gasteiger charge is -2.30. The summed E-state index contributed by atoms with van der Waals surface area (Å²) in [6, 6.07) is 5.13. The van der Waals surface area contributed by atoms with E-state index >= 15 is 0 Å². The van der Waals surface area contributed by atoms with E-state index in [0.29, 0.717) is 30.2 Å². The van der Waals surface area contributed by atoms with Gasteiger partial charge in [0.1, 0.15) is 12.2 Å². The zero-order valence-electron chi connectivity index (χ0n) is 13.6. The van der Waals surface area contributed by atoms with E-state index in [2.05, 4.69) is 4.98 Å². The smallest absolute Gasteiger partial charge is 0.341 e. The minimum Gasteiger partial charge on any atom is -0.489 e. The summed E-state index contributed by atoms with van der Waals surface area (Å²) in [7, 11) is 1.32. The van der Waals surface area contributed by atoms with Crippen LogP contribution >= 0.6 is 11.3 Å². The van der Waals surface area contributed by atoms with Crippen LogP contribution in [0.15, 0.2) is 23.6 Å². The summed E-state index contributed by atoms with van der Waals surface area (Å²) in [5.74, 6) is -0.140. The van der Waals surface area contributed by atoms with Gasteiger partial charge in [-0.25, -0.2) is 9.78 Å². The van der Waals surface area contributed by atoms with Gasteiger partial charge >= 0.3 is 5.97 Å². The van der Waals surface area contributed by atoms with Crippen molar-refractivity contribution in [2.24, 2.45) is 0 Å². The molecule has 0 N–H and O–H groups in total. The Labute approximate surface area is 144 Å². The Balaban J connectivity index is 1.86. The van der Waals surface area contributed by atoms with Gasteiger partial charge in [0.15, 0.2) is 5.75 Å². The van der Waals surface area contributed by atoms with E-state index < -0.39 is 5.97 Å². The first-order valence-electron chi connectivity index (χ1n) is 7.71. The van der Waals surface area contributed by atoms with Crippen LogP contribution in [-0.4, -0.2) is 37.1 Å².